The van der Waals surface area contributed by atoms with Gasteiger partial charge >= 0.3 is 0 Å². The lowest BCUT2D eigenvalue weighted by Crippen LogP contribution is -1.88. The second-order valence-corrected chi connectivity index (χ2v) is 8.20. The fourth-order valence-electron chi connectivity index (χ4n) is 2.17. The molecular formula is C16H5Cl6NOS. The molecule has 0 N–H and O–H groups in total. The predicted molar refractivity (Wildman–Crippen MR) is 108 cm³/mol. The van der Waals surface area contributed by atoms with Crippen LogP contribution in [0.3, 0.4) is 0 Å². The van der Waals surface area contributed by atoms with E-state index in [9.17, 15) is 4.79 Å². The van der Waals surface area contributed by atoms with Crippen molar-refractivity contribution in [3.63, 3.8) is 0 Å². The number of hydrogen-bond donors (Lipinski definition) is 0. The molecule has 0 spiro atoms. The van der Waals surface area contributed by atoms with Crippen LogP contribution in [-0.2, 0) is 0 Å². The number of carbonyl (C=O) groups is 1. The molecular weight excluding hydrogens is 467 g/mol. The second kappa shape index (κ2) is 7.61. The number of thiazole rings is 1. The zero-order valence-electron chi connectivity index (χ0n) is 11.9. The third-order valence-electron chi connectivity index (χ3n) is 3.30. The van der Waals surface area contributed by atoms with Crippen LogP contribution in [-0.4, -0.2) is 11.3 Å². The maximum absolute atomic E-state index is 11.5. The van der Waals surface area contributed by atoms with E-state index in [0.29, 0.717) is 53.1 Å². The average Bonchev–Trinajstić information content (AvgIpc) is 2.99. The molecule has 25 heavy (non-hydrogen) atoms. The fourth-order valence-corrected chi connectivity index (χ4v) is 4.64. The van der Waals surface area contributed by atoms with Gasteiger partial charge in [0.15, 0.2) is 6.29 Å². The molecule has 1 heterocycles. The highest BCUT2D eigenvalue weighted by atomic mass is 35.5. The lowest BCUT2D eigenvalue weighted by molar-refractivity contribution is 0.112. The van der Waals surface area contributed by atoms with Crippen molar-refractivity contribution >= 4 is 87.2 Å². The maximum Gasteiger partial charge on any atom is 0.162 e. The van der Waals surface area contributed by atoms with Crippen molar-refractivity contribution < 1.29 is 4.79 Å². The van der Waals surface area contributed by atoms with Crippen molar-refractivity contribution in [1.29, 1.82) is 0 Å². The van der Waals surface area contributed by atoms with Gasteiger partial charge in [-0.3, -0.25) is 4.79 Å². The van der Waals surface area contributed by atoms with Gasteiger partial charge in [0.25, 0.3) is 0 Å². The van der Waals surface area contributed by atoms with Crippen LogP contribution in [0.15, 0.2) is 24.3 Å². The van der Waals surface area contributed by atoms with E-state index >= 15 is 0 Å². The molecule has 1 aromatic heterocycles. The van der Waals surface area contributed by atoms with Crippen LogP contribution in [0.4, 0.5) is 0 Å². The Morgan fingerprint density at radius 2 is 1.24 bits per heavy atom. The lowest BCUT2D eigenvalue weighted by atomic mass is 10.1. The quantitative estimate of drug-likeness (QED) is 0.284. The van der Waals surface area contributed by atoms with Crippen LogP contribution < -0.4 is 0 Å². The highest BCUT2D eigenvalue weighted by molar-refractivity contribution is 7.17. The topological polar surface area (TPSA) is 30.0 Å². The average molecular weight is 472 g/mol. The van der Waals surface area contributed by atoms with Crippen molar-refractivity contribution in [2.45, 2.75) is 0 Å². The van der Waals surface area contributed by atoms with Crippen LogP contribution in [0.2, 0.25) is 30.1 Å². The van der Waals surface area contributed by atoms with E-state index in [0.717, 1.165) is 11.3 Å². The van der Waals surface area contributed by atoms with Crippen molar-refractivity contribution in [3.8, 4) is 21.8 Å². The molecule has 0 bridgehead atoms. The van der Waals surface area contributed by atoms with Crippen molar-refractivity contribution in [2.75, 3.05) is 0 Å². The Labute approximate surface area is 177 Å². The monoisotopic (exact) mass is 469 g/mol. The molecule has 2 aromatic carbocycles. The molecule has 0 amide bonds. The summed E-state index contributed by atoms with van der Waals surface area (Å²) in [4.78, 5) is 16.3. The summed E-state index contributed by atoms with van der Waals surface area (Å²) in [6, 6.07) is 6.33. The molecule has 3 rings (SSSR count). The molecule has 0 radical (unpaired) electrons. The summed E-state index contributed by atoms with van der Waals surface area (Å²) in [6.45, 7) is 0. The predicted octanol–water partition coefficient (Wildman–Crippen LogP) is 8.21. The van der Waals surface area contributed by atoms with E-state index in [1.54, 1.807) is 24.3 Å². The van der Waals surface area contributed by atoms with Crippen molar-refractivity contribution in [2.24, 2.45) is 0 Å². The Bertz CT molecular complexity index is 1000. The molecule has 0 atom stereocenters. The van der Waals surface area contributed by atoms with Gasteiger partial charge in [0.2, 0.25) is 0 Å². The van der Waals surface area contributed by atoms with Crippen LogP contribution in [0, 0.1) is 0 Å². The highest BCUT2D eigenvalue weighted by Crippen LogP contribution is 2.45. The Morgan fingerprint density at radius 1 is 0.760 bits per heavy atom. The summed E-state index contributed by atoms with van der Waals surface area (Å²) in [5.41, 5.74) is 1.11. The van der Waals surface area contributed by atoms with E-state index < -0.39 is 0 Å². The Kier molecular flexibility index (Phi) is 5.86. The van der Waals surface area contributed by atoms with E-state index in [4.69, 9.17) is 69.6 Å². The summed E-state index contributed by atoms with van der Waals surface area (Å²) in [5.74, 6) is 0. The number of carbonyl (C=O) groups excluding carboxylic acids is 1. The summed E-state index contributed by atoms with van der Waals surface area (Å²) in [7, 11) is 0. The van der Waals surface area contributed by atoms with Gasteiger partial charge in [0.1, 0.15) is 5.01 Å². The Hall–Kier alpha value is -0.520. The Morgan fingerprint density at radius 3 is 1.80 bits per heavy atom. The van der Waals surface area contributed by atoms with Gasteiger partial charge < -0.3 is 0 Å². The first kappa shape index (κ1) is 19.2. The maximum atomic E-state index is 11.5. The van der Waals surface area contributed by atoms with E-state index in [1.165, 1.54) is 0 Å². The van der Waals surface area contributed by atoms with Crippen molar-refractivity contribution in [3.05, 3.63) is 59.3 Å². The van der Waals surface area contributed by atoms with Gasteiger partial charge in [-0.2, -0.15) is 0 Å². The number of aldehydes is 1. The van der Waals surface area contributed by atoms with Crippen LogP contribution in [0.25, 0.3) is 21.8 Å². The zero-order chi connectivity index (χ0) is 18.3. The summed E-state index contributed by atoms with van der Waals surface area (Å²) < 4.78 is 0. The number of aromatic nitrogens is 1. The number of benzene rings is 2. The molecule has 0 aliphatic rings. The standard InChI is InChI=1S/C16H5Cl6NOS/c17-6-1-3-8(19)13(21)11(6)15-10(5-24)25-16(23-15)12-7(18)2-4-9(20)14(12)22/h1-5H. The van der Waals surface area contributed by atoms with Crippen molar-refractivity contribution in [1.82, 2.24) is 4.98 Å². The normalized spacial score (nSPS) is 11.0. The summed E-state index contributed by atoms with van der Waals surface area (Å²) in [6.07, 6.45) is 0.663. The highest BCUT2D eigenvalue weighted by Gasteiger charge is 2.23. The molecule has 0 saturated heterocycles. The zero-order valence-corrected chi connectivity index (χ0v) is 17.3. The summed E-state index contributed by atoms with van der Waals surface area (Å²) in [5, 5.41) is 2.16. The van der Waals surface area contributed by atoms with Gasteiger partial charge in [-0.1, -0.05) is 69.6 Å². The molecule has 128 valence electrons. The molecule has 0 aliphatic heterocycles. The molecule has 9 heteroatoms. The van der Waals surface area contributed by atoms with Gasteiger partial charge in [-0.15, -0.1) is 11.3 Å². The minimum atomic E-state index is 0.206. The third-order valence-corrected chi connectivity index (χ3v) is 6.54. The van der Waals surface area contributed by atoms with Gasteiger partial charge in [0.05, 0.1) is 40.7 Å². The van der Waals surface area contributed by atoms with E-state index in [2.05, 4.69) is 4.98 Å². The van der Waals surface area contributed by atoms with Gasteiger partial charge in [-0.05, 0) is 24.3 Å². The summed E-state index contributed by atoms with van der Waals surface area (Å²) >= 11 is 38.2. The molecule has 0 aliphatic carbocycles. The van der Waals surface area contributed by atoms with Crippen LogP contribution in [0.5, 0.6) is 0 Å². The smallest absolute Gasteiger partial charge is 0.162 e. The number of hydrogen-bond acceptors (Lipinski definition) is 3. The number of rotatable bonds is 3. The van der Waals surface area contributed by atoms with E-state index in [1.807, 2.05) is 0 Å². The van der Waals surface area contributed by atoms with E-state index in [-0.39, 0.29) is 10.0 Å². The SMILES string of the molecule is O=Cc1sc(-c2c(Cl)ccc(Cl)c2Cl)nc1-c1c(Cl)ccc(Cl)c1Cl. The van der Waals surface area contributed by atoms with Gasteiger partial charge in [-0.25, -0.2) is 4.98 Å². The second-order valence-electron chi connectivity index (χ2n) is 4.79. The fraction of sp³-hybridized carbons (Fsp3) is 0. The first-order valence-corrected chi connectivity index (χ1v) is 9.67. The lowest BCUT2D eigenvalue weighted by Gasteiger charge is -2.07. The molecule has 0 unspecified atom stereocenters. The minimum Gasteiger partial charge on any atom is -0.297 e. The third kappa shape index (κ3) is 3.52. The Balaban J connectivity index is 2.30. The number of halogens is 6. The number of nitrogens with zero attached hydrogens (tertiary/aromatic N) is 1. The van der Waals surface area contributed by atoms with Crippen LogP contribution in [0.1, 0.15) is 9.67 Å². The molecule has 3 aromatic rings. The van der Waals surface area contributed by atoms with Gasteiger partial charge in [0, 0.05) is 11.1 Å². The largest absolute Gasteiger partial charge is 0.297 e. The van der Waals surface area contributed by atoms with Crippen LogP contribution >= 0.6 is 80.9 Å². The molecule has 0 saturated carbocycles. The molecule has 0 fully saturated rings. The first-order chi connectivity index (χ1) is 11.8. The molecule has 2 nitrogen and oxygen atoms in total. The minimum absolute atomic E-state index is 0.206. The first-order valence-electron chi connectivity index (χ1n) is 6.59.